The van der Waals surface area contributed by atoms with Crippen molar-refractivity contribution in [3.8, 4) is 5.75 Å². The molecule has 1 aromatic carbocycles. The average molecular weight is 587 g/mol. The monoisotopic (exact) mass is 586 g/mol. The van der Waals surface area contributed by atoms with E-state index in [4.69, 9.17) is 0 Å². The Kier molecular flexibility index (Phi) is 9.35. The summed E-state index contributed by atoms with van der Waals surface area (Å²) in [5, 5.41) is 19.2. The van der Waals surface area contributed by atoms with Crippen LogP contribution < -0.4 is 20.5 Å². The van der Waals surface area contributed by atoms with E-state index in [1.54, 1.807) is 0 Å². The number of nitrogens with one attached hydrogen (secondary N) is 1. The molecule has 3 rings (SSSR count). The van der Waals surface area contributed by atoms with Crippen LogP contribution in [0.2, 0.25) is 0 Å². The highest BCUT2D eigenvalue weighted by atomic mass is 19.4. The van der Waals surface area contributed by atoms with Crippen LogP contribution in [0.1, 0.15) is 43.2 Å². The summed E-state index contributed by atoms with van der Waals surface area (Å²) in [7, 11) is 0. The molecule has 222 valence electrons. The zero-order valence-electron chi connectivity index (χ0n) is 22.2. The van der Waals surface area contributed by atoms with Gasteiger partial charge in [0.25, 0.3) is 11.5 Å². The lowest BCUT2D eigenvalue weighted by Gasteiger charge is -2.33. The van der Waals surface area contributed by atoms with Crippen LogP contribution in [0.4, 0.5) is 32.4 Å². The number of hydrogen-bond acceptors (Lipinski definition) is 6. The number of anilines is 1. The molecule has 0 aliphatic heterocycles. The van der Waals surface area contributed by atoms with Gasteiger partial charge in [0.05, 0.1) is 18.4 Å². The second-order valence-electron chi connectivity index (χ2n) is 9.89. The summed E-state index contributed by atoms with van der Waals surface area (Å²) in [6, 6.07) is 6.15. The SMILES string of the molecule is CC(C)(C)N(C(=O)O)c1ccn(CCC(F)Cn2cc(C(=O)NCc3cccc(OC(F)(F)F)c3)nn2)c(=O)c1F. The highest BCUT2D eigenvalue weighted by Crippen LogP contribution is 2.25. The van der Waals surface area contributed by atoms with E-state index in [1.165, 1.54) is 45.3 Å². The maximum atomic E-state index is 14.8. The molecule has 0 bridgehead atoms. The number of carbonyl (C=O) groups excluding carboxylic acids is 1. The molecular weight excluding hydrogens is 559 g/mol. The molecule has 41 heavy (non-hydrogen) atoms. The molecule has 0 saturated heterocycles. The lowest BCUT2D eigenvalue weighted by Crippen LogP contribution is -2.46. The van der Waals surface area contributed by atoms with Gasteiger partial charge in [-0.3, -0.25) is 14.5 Å². The molecule has 0 aliphatic carbocycles. The van der Waals surface area contributed by atoms with E-state index in [9.17, 15) is 41.4 Å². The number of pyridine rings is 1. The van der Waals surface area contributed by atoms with Gasteiger partial charge in [-0.2, -0.15) is 4.39 Å². The molecule has 0 radical (unpaired) electrons. The Morgan fingerprint density at radius 2 is 1.90 bits per heavy atom. The highest BCUT2D eigenvalue weighted by Gasteiger charge is 2.32. The maximum absolute atomic E-state index is 14.8. The van der Waals surface area contributed by atoms with Gasteiger partial charge in [-0.15, -0.1) is 18.3 Å². The Morgan fingerprint density at radius 1 is 1.20 bits per heavy atom. The third-order valence-electron chi connectivity index (χ3n) is 5.61. The van der Waals surface area contributed by atoms with Crippen LogP contribution in [-0.2, 0) is 19.6 Å². The van der Waals surface area contributed by atoms with Crippen molar-refractivity contribution in [1.82, 2.24) is 24.9 Å². The number of aromatic nitrogens is 4. The molecule has 0 aliphatic rings. The molecular formula is C25H27F5N6O5. The van der Waals surface area contributed by atoms with Crippen molar-refractivity contribution >= 4 is 17.7 Å². The predicted molar refractivity (Wildman–Crippen MR) is 135 cm³/mol. The van der Waals surface area contributed by atoms with Gasteiger partial charge >= 0.3 is 12.5 Å². The van der Waals surface area contributed by atoms with Crippen molar-refractivity contribution in [2.75, 3.05) is 4.90 Å². The second kappa shape index (κ2) is 12.3. The van der Waals surface area contributed by atoms with Gasteiger partial charge in [-0.25, -0.2) is 13.9 Å². The first kappa shape index (κ1) is 31.0. The zero-order valence-corrected chi connectivity index (χ0v) is 22.2. The van der Waals surface area contributed by atoms with Crippen molar-refractivity contribution in [2.24, 2.45) is 0 Å². The van der Waals surface area contributed by atoms with E-state index >= 15 is 0 Å². The Labute approximate surface area is 230 Å². The summed E-state index contributed by atoms with van der Waals surface area (Å²) < 4.78 is 72.4. The van der Waals surface area contributed by atoms with Gasteiger partial charge in [0.15, 0.2) is 5.69 Å². The predicted octanol–water partition coefficient (Wildman–Crippen LogP) is 4.12. The Balaban J connectivity index is 1.56. The molecule has 2 amide bonds. The summed E-state index contributed by atoms with van der Waals surface area (Å²) in [5.74, 6) is -2.44. The van der Waals surface area contributed by atoms with Crippen LogP contribution in [0.15, 0.2) is 47.5 Å². The fraction of sp³-hybridized carbons (Fsp3) is 0.400. The summed E-state index contributed by atoms with van der Waals surface area (Å²) in [6.07, 6.45) is -5.78. The number of aryl methyl sites for hydroxylation is 1. The van der Waals surface area contributed by atoms with E-state index in [0.29, 0.717) is 5.56 Å². The molecule has 1 unspecified atom stereocenters. The minimum Gasteiger partial charge on any atom is -0.465 e. The number of rotatable bonds is 10. The topological polar surface area (TPSA) is 132 Å². The van der Waals surface area contributed by atoms with E-state index in [1.807, 2.05) is 0 Å². The molecule has 2 aromatic heterocycles. The first-order valence-electron chi connectivity index (χ1n) is 12.1. The molecule has 0 saturated carbocycles. The third-order valence-corrected chi connectivity index (χ3v) is 5.61. The molecule has 11 nitrogen and oxygen atoms in total. The molecule has 2 N–H and O–H groups in total. The first-order valence-corrected chi connectivity index (χ1v) is 12.1. The molecule has 0 fully saturated rings. The fourth-order valence-electron chi connectivity index (χ4n) is 3.83. The van der Waals surface area contributed by atoms with E-state index < -0.39 is 52.9 Å². The van der Waals surface area contributed by atoms with Crippen LogP contribution in [0.3, 0.4) is 0 Å². The highest BCUT2D eigenvalue weighted by molar-refractivity contribution is 5.91. The van der Waals surface area contributed by atoms with Crippen LogP contribution in [0.5, 0.6) is 5.75 Å². The first-order chi connectivity index (χ1) is 19.0. The lowest BCUT2D eigenvalue weighted by molar-refractivity contribution is -0.274. The van der Waals surface area contributed by atoms with Crippen LogP contribution in [0.25, 0.3) is 0 Å². The largest absolute Gasteiger partial charge is 0.573 e. The average Bonchev–Trinajstić information content (AvgIpc) is 3.31. The van der Waals surface area contributed by atoms with Crippen LogP contribution in [-0.4, -0.2) is 54.7 Å². The molecule has 0 spiro atoms. The van der Waals surface area contributed by atoms with Gasteiger partial charge in [0.1, 0.15) is 11.9 Å². The number of amides is 2. The van der Waals surface area contributed by atoms with Crippen molar-refractivity contribution in [2.45, 2.75) is 64.9 Å². The number of nitrogens with zero attached hydrogens (tertiary/aromatic N) is 5. The normalized spacial score (nSPS) is 12.6. The summed E-state index contributed by atoms with van der Waals surface area (Å²) in [5.41, 5.74) is -2.40. The van der Waals surface area contributed by atoms with Crippen LogP contribution in [0, 0.1) is 5.82 Å². The van der Waals surface area contributed by atoms with Gasteiger partial charge in [-0.05, 0) is 51.0 Å². The number of carboxylic acid groups (broad SMARTS) is 1. The van der Waals surface area contributed by atoms with Gasteiger partial charge in [0, 0.05) is 24.8 Å². The second-order valence-corrected chi connectivity index (χ2v) is 9.89. The number of alkyl halides is 4. The fourth-order valence-corrected chi connectivity index (χ4v) is 3.83. The Morgan fingerprint density at radius 3 is 2.54 bits per heavy atom. The van der Waals surface area contributed by atoms with Gasteiger partial charge in [0.2, 0.25) is 5.82 Å². The van der Waals surface area contributed by atoms with Crippen LogP contribution >= 0.6 is 0 Å². The Bertz CT molecular complexity index is 1450. The third kappa shape index (κ3) is 8.49. The van der Waals surface area contributed by atoms with Gasteiger partial charge in [-0.1, -0.05) is 17.3 Å². The molecule has 1 atom stereocenters. The Hall–Kier alpha value is -4.50. The number of carbonyl (C=O) groups is 2. The minimum absolute atomic E-state index is 0.142. The maximum Gasteiger partial charge on any atom is 0.573 e. The zero-order chi connectivity index (χ0) is 30.5. The van der Waals surface area contributed by atoms with E-state index in [-0.39, 0.29) is 31.7 Å². The number of hydrogen-bond donors (Lipinski definition) is 2. The summed E-state index contributed by atoms with van der Waals surface area (Å²) in [6.45, 7) is 3.90. The van der Waals surface area contributed by atoms with Gasteiger partial charge < -0.3 is 19.7 Å². The van der Waals surface area contributed by atoms with E-state index in [0.717, 1.165) is 32.3 Å². The quantitative estimate of drug-likeness (QED) is 0.342. The van der Waals surface area contributed by atoms with Crippen molar-refractivity contribution < 1.29 is 41.4 Å². The number of halogens is 5. The summed E-state index contributed by atoms with van der Waals surface area (Å²) >= 11 is 0. The molecule has 3 aromatic rings. The van der Waals surface area contributed by atoms with Crippen molar-refractivity contribution in [3.63, 3.8) is 0 Å². The number of benzene rings is 1. The molecule has 16 heteroatoms. The summed E-state index contributed by atoms with van der Waals surface area (Å²) in [4.78, 5) is 37.1. The van der Waals surface area contributed by atoms with Crippen molar-refractivity contribution in [1.29, 1.82) is 0 Å². The van der Waals surface area contributed by atoms with E-state index in [2.05, 4.69) is 20.4 Å². The van der Waals surface area contributed by atoms with Crippen molar-refractivity contribution in [3.05, 3.63) is 70.2 Å². The smallest absolute Gasteiger partial charge is 0.465 e. The number of ether oxygens (including phenoxy) is 1. The lowest BCUT2D eigenvalue weighted by atomic mass is 10.1. The minimum atomic E-state index is -4.86. The molecule has 2 heterocycles. The standard InChI is InChI=1S/C25H27F5N6O5/c1-24(2,3)36(23(39)40)19-8-10-34(22(38)20(19)27)9-7-16(26)13-35-14-18(32-33-35)21(37)31-12-15-5-4-6-17(11-15)41-25(28,29)30/h4-6,8,10-11,14,16H,7,9,12-13H2,1-3H3,(H,31,37)(H,39,40).